The second kappa shape index (κ2) is 18.8. The maximum atomic E-state index is 14.1. The highest BCUT2D eigenvalue weighted by molar-refractivity contribution is 6.00. The van der Waals surface area contributed by atoms with Gasteiger partial charge in [0.05, 0.1) is 6.10 Å². The van der Waals surface area contributed by atoms with Gasteiger partial charge in [0.25, 0.3) is 5.91 Å². The number of aliphatic hydroxyl groups is 1. The summed E-state index contributed by atoms with van der Waals surface area (Å²) in [5.74, 6) is -2.03. The van der Waals surface area contributed by atoms with Crippen molar-refractivity contribution in [2.45, 2.75) is 65.1 Å². The van der Waals surface area contributed by atoms with Gasteiger partial charge in [-0.1, -0.05) is 45.0 Å². The molecular weight excluding hydrogens is 636 g/mol. The highest BCUT2D eigenvalue weighted by Gasteiger charge is 2.30. The lowest BCUT2D eigenvalue weighted by Gasteiger charge is -2.42. The summed E-state index contributed by atoms with van der Waals surface area (Å²) in [6, 6.07) is 16.5. The molecule has 1 aliphatic rings. The first-order valence-electron chi connectivity index (χ1n) is 16.8. The van der Waals surface area contributed by atoms with Crippen LogP contribution in [0, 0.1) is 11.6 Å². The maximum Gasteiger partial charge on any atom is 0.253 e. The summed E-state index contributed by atoms with van der Waals surface area (Å²) >= 11 is 0. The third kappa shape index (κ3) is 10.7. The van der Waals surface area contributed by atoms with Crippen molar-refractivity contribution in [3.8, 4) is 0 Å². The van der Waals surface area contributed by atoms with Crippen molar-refractivity contribution in [1.29, 1.82) is 0 Å². The zero-order chi connectivity index (χ0) is 33.9. The lowest BCUT2D eigenvalue weighted by molar-refractivity contribution is 0.0452. The molecule has 0 unspecified atom stereocenters. The van der Waals surface area contributed by atoms with Crippen molar-refractivity contribution in [3.63, 3.8) is 0 Å². The summed E-state index contributed by atoms with van der Waals surface area (Å²) < 4.78 is 28.3. The normalized spacial score (nSPS) is 14.7. The molecule has 48 heavy (non-hydrogen) atoms. The van der Waals surface area contributed by atoms with Crippen LogP contribution in [-0.2, 0) is 19.4 Å². The van der Waals surface area contributed by atoms with Crippen LogP contribution >= 0.6 is 12.4 Å². The van der Waals surface area contributed by atoms with Crippen molar-refractivity contribution in [1.82, 2.24) is 15.1 Å². The van der Waals surface area contributed by atoms with Crippen LogP contribution in [0.4, 0.5) is 14.5 Å². The van der Waals surface area contributed by atoms with Gasteiger partial charge in [0.2, 0.25) is 5.91 Å². The third-order valence-electron chi connectivity index (χ3n) is 8.77. The lowest BCUT2D eigenvalue weighted by Crippen LogP contribution is -2.56. The van der Waals surface area contributed by atoms with E-state index in [-0.39, 0.29) is 30.3 Å². The van der Waals surface area contributed by atoms with E-state index in [0.29, 0.717) is 63.5 Å². The molecule has 1 saturated heterocycles. The molecule has 3 aromatic rings. The van der Waals surface area contributed by atoms with E-state index >= 15 is 0 Å². The molecular formula is C37H50ClF2N5O3. The predicted molar refractivity (Wildman–Crippen MR) is 190 cm³/mol. The minimum Gasteiger partial charge on any atom is -0.390 e. The molecule has 2 amide bonds. The third-order valence-corrected chi connectivity index (χ3v) is 8.77. The molecule has 0 spiro atoms. The molecule has 0 radical (unpaired) electrons. The number of anilines is 1. The molecule has 1 fully saturated rings. The van der Waals surface area contributed by atoms with Gasteiger partial charge in [-0.3, -0.25) is 14.5 Å². The van der Waals surface area contributed by atoms with E-state index in [4.69, 9.17) is 5.73 Å². The van der Waals surface area contributed by atoms with Gasteiger partial charge in [-0.25, -0.2) is 8.78 Å². The molecule has 4 rings (SSSR count). The predicted octanol–water partition coefficient (Wildman–Crippen LogP) is 5.19. The molecule has 0 bridgehead atoms. The highest BCUT2D eigenvalue weighted by atomic mass is 35.5. The van der Waals surface area contributed by atoms with Gasteiger partial charge >= 0.3 is 0 Å². The van der Waals surface area contributed by atoms with Gasteiger partial charge < -0.3 is 26.0 Å². The number of piperazine rings is 1. The van der Waals surface area contributed by atoms with E-state index in [1.54, 1.807) is 17.0 Å². The first-order valence-corrected chi connectivity index (χ1v) is 16.8. The zero-order valence-electron chi connectivity index (χ0n) is 28.3. The van der Waals surface area contributed by atoms with Crippen LogP contribution in [0.25, 0.3) is 0 Å². The van der Waals surface area contributed by atoms with Crippen LogP contribution in [0.2, 0.25) is 0 Å². The van der Waals surface area contributed by atoms with E-state index in [2.05, 4.69) is 34.2 Å². The Hall–Kier alpha value is -3.57. The number of aliphatic hydroxyl groups excluding tert-OH is 1. The molecule has 1 heterocycles. The number of nitrogens with two attached hydrogens (primary N) is 1. The number of aryl methyl sites for hydroxylation is 1. The second-order valence-electron chi connectivity index (χ2n) is 12.4. The van der Waals surface area contributed by atoms with Gasteiger partial charge in [0.15, 0.2) is 0 Å². The van der Waals surface area contributed by atoms with Crippen molar-refractivity contribution in [2.24, 2.45) is 5.73 Å². The number of nitrogens with one attached hydrogen (secondary N) is 1. The summed E-state index contributed by atoms with van der Waals surface area (Å²) in [5.41, 5.74) is 9.96. The molecule has 3 aromatic carbocycles. The minimum absolute atomic E-state index is 0. The molecule has 11 heteroatoms. The molecule has 1 aliphatic heterocycles. The summed E-state index contributed by atoms with van der Waals surface area (Å²) in [6.45, 7) is 10.5. The lowest BCUT2D eigenvalue weighted by atomic mass is 9.98. The Kier molecular flexibility index (Phi) is 15.3. The average Bonchev–Trinajstić information content (AvgIpc) is 3.06. The van der Waals surface area contributed by atoms with Crippen molar-refractivity contribution < 1.29 is 23.5 Å². The Balaban J connectivity index is 0.00000625. The Labute approximate surface area is 289 Å². The fourth-order valence-corrected chi connectivity index (χ4v) is 6.35. The fourth-order valence-electron chi connectivity index (χ4n) is 6.35. The number of nitrogens with zero attached hydrogens (tertiary/aromatic N) is 3. The van der Waals surface area contributed by atoms with E-state index in [9.17, 15) is 23.5 Å². The van der Waals surface area contributed by atoms with Crippen LogP contribution in [0.1, 0.15) is 71.0 Å². The van der Waals surface area contributed by atoms with Crippen LogP contribution in [-0.4, -0.2) is 84.7 Å². The van der Waals surface area contributed by atoms with Crippen molar-refractivity contribution in [3.05, 3.63) is 100 Å². The molecule has 0 saturated carbocycles. The van der Waals surface area contributed by atoms with Crippen molar-refractivity contribution in [2.75, 3.05) is 50.7 Å². The molecule has 8 nitrogen and oxygen atoms in total. The van der Waals surface area contributed by atoms with Crippen LogP contribution in [0.15, 0.2) is 60.7 Å². The van der Waals surface area contributed by atoms with Gasteiger partial charge in [-0.05, 0) is 72.7 Å². The largest absolute Gasteiger partial charge is 0.390 e. The molecule has 0 aromatic heterocycles. The summed E-state index contributed by atoms with van der Waals surface area (Å²) in [6.07, 6.45) is 2.05. The second-order valence-corrected chi connectivity index (χ2v) is 12.4. The summed E-state index contributed by atoms with van der Waals surface area (Å²) in [4.78, 5) is 31.8. The smallest absolute Gasteiger partial charge is 0.253 e. The van der Waals surface area contributed by atoms with Gasteiger partial charge in [0.1, 0.15) is 11.6 Å². The topological polar surface area (TPSA) is 102 Å². The number of rotatable bonds is 16. The van der Waals surface area contributed by atoms with Gasteiger partial charge in [-0.15, -0.1) is 12.4 Å². The average molecular weight is 686 g/mol. The fraction of sp³-hybridized carbons (Fsp3) is 0.459. The van der Waals surface area contributed by atoms with Crippen molar-refractivity contribution >= 4 is 29.9 Å². The van der Waals surface area contributed by atoms with Crippen LogP contribution < -0.4 is 16.0 Å². The number of carbonyl (C=O) groups excluding carboxylic acids is 2. The standard InChI is InChI=1S/C37H49F2N5O3.ClH/c1-4-10-44(11-5-2)37(47)30-20-29(36(40)46)21-33(22-30)42-12-14-43(15-13-42)34(19-28-17-31(38)23-32(39)18-28)35(45)25-41-24-27-9-7-8-26(6-3)16-27;/h7-9,16-18,20-23,34-35,41,45H,4-6,10-15,19,24-25H2,1-3H3,(H2,40,46);1H/t34-,35+;/m0./s1. The monoisotopic (exact) mass is 685 g/mol. The number of primary amides is 1. The van der Waals surface area contributed by atoms with Gasteiger partial charge in [-0.2, -0.15) is 0 Å². The quantitative estimate of drug-likeness (QED) is 0.192. The number of halogens is 3. The molecule has 4 N–H and O–H groups in total. The summed E-state index contributed by atoms with van der Waals surface area (Å²) in [7, 11) is 0. The van der Waals surface area contributed by atoms with Gasteiger partial charge in [0, 0.05) is 81.3 Å². The minimum atomic E-state index is -0.812. The number of benzene rings is 3. The van der Waals surface area contributed by atoms with E-state index < -0.39 is 29.7 Å². The Morgan fingerprint density at radius 3 is 2.10 bits per heavy atom. The molecule has 262 valence electrons. The Morgan fingerprint density at radius 1 is 0.875 bits per heavy atom. The Morgan fingerprint density at radius 2 is 1.50 bits per heavy atom. The van der Waals surface area contributed by atoms with Crippen LogP contribution in [0.3, 0.4) is 0 Å². The SMILES string of the molecule is CCCN(CCC)C(=O)c1cc(C(N)=O)cc(N2CCN([C@@H](Cc3cc(F)cc(F)c3)[C@H](O)CNCc3cccc(CC)c3)CC2)c1.Cl. The van der Waals surface area contributed by atoms with E-state index in [0.717, 1.165) is 36.6 Å². The number of amides is 2. The first-order chi connectivity index (χ1) is 22.6. The molecule has 2 atom stereocenters. The number of hydrogen-bond donors (Lipinski definition) is 3. The summed E-state index contributed by atoms with van der Waals surface area (Å²) in [5, 5.41) is 14.8. The van der Waals surface area contributed by atoms with E-state index in [1.165, 1.54) is 17.7 Å². The number of hydrogen-bond acceptors (Lipinski definition) is 6. The molecule has 0 aliphatic carbocycles. The highest BCUT2D eigenvalue weighted by Crippen LogP contribution is 2.24. The van der Waals surface area contributed by atoms with E-state index in [1.807, 2.05) is 32.0 Å². The first kappa shape index (κ1) is 38.9. The zero-order valence-corrected chi connectivity index (χ0v) is 29.1. The number of carbonyl (C=O) groups is 2. The van der Waals surface area contributed by atoms with Crippen LogP contribution in [0.5, 0.6) is 0 Å². The maximum absolute atomic E-state index is 14.1. The Bertz CT molecular complexity index is 1480.